The predicted octanol–water partition coefficient (Wildman–Crippen LogP) is 1.37. The van der Waals surface area contributed by atoms with E-state index in [9.17, 15) is 4.57 Å². The van der Waals surface area contributed by atoms with Crippen LogP contribution in [-0.2, 0) is 18.8 Å². The van der Waals surface area contributed by atoms with E-state index < -0.39 is 13.9 Å². The van der Waals surface area contributed by atoms with E-state index in [-0.39, 0.29) is 19.8 Å². The van der Waals surface area contributed by atoms with Crippen LogP contribution in [0.1, 0.15) is 20.8 Å². The molecule has 86 valence electrons. The van der Waals surface area contributed by atoms with Gasteiger partial charge in [-0.15, -0.1) is 0 Å². The van der Waals surface area contributed by atoms with E-state index in [1.165, 1.54) is 0 Å². The van der Waals surface area contributed by atoms with Crippen molar-refractivity contribution in [1.82, 2.24) is 5.00 Å². The Morgan fingerprint density at radius 2 is 1.64 bits per heavy atom. The first-order chi connectivity index (χ1) is 6.64. The highest BCUT2D eigenvalue weighted by Crippen LogP contribution is 2.49. The van der Waals surface area contributed by atoms with E-state index in [4.69, 9.17) is 19.3 Å². The van der Waals surface area contributed by atoms with Crippen molar-refractivity contribution in [3.8, 4) is 0 Å². The van der Waals surface area contributed by atoms with Crippen molar-refractivity contribution in [3.05, 3.63) is 0 Å². The van der Waals surface area contributed by atoms with Crippen LogP contribution in [-0.4, -0.2) is 36.3 Å². The summed E-state index contributed by atoms with van der Waals surface area (Å²) in [5.41, 5.74) is 0. The maximum absolute atomic E-state index is 11.9. The second kappa shape index (κ2) is 7.34. The fourth-order valence-corrected chi connectivity index (χ4v) is 2.04. The summed E-state index contributed by atoms with van der Waals surface area (Å²) in [7, 11) is -3.40. The van der Waals surface area contributed by atoms with Gasteiger partial charge in [-0.25, -0.2) is 0 Å². The van der Waals surface area contributed by atoms with Gasteiger partial charge in [0.05, 0.1) is 19.8 Å². The first-order valence-corrected chi connectivity index (χ1v) is 6.31. The molecule has 0 spiro atoms. The first kappa shape index (κ1) is 14.0. The molecule has 1 atom stereocenters. The Kier molecular flexibility index (Phi) is 7.35. The van der Waals surface area contributed by atoms with Gasteiger partial charge in [-0.2, -0.15) is 0 Å². The summed E-state index contributed by atoms with van der Waals surface area (Å²) in [5, 5.41) is 8.95. The van der Waals surface area contributed by atoms with Crippen LogP contribution in [0.3, 0.4) is 0 Å². The lowest BCUT2D eigenvalue weighted by molar-refractivity contribution is -0.306. The summed E-state index contributed by atoms with van der Waals surface area (Å²) < 4.78 is 16.8. The molecule has 0 saturated carbocycles. The minimum Gasteiger partial charge on any atom is -0.385 e. The first-order valence-electron chi connectivity index (χ1n) is 4.55. The van der Waals surface area contributed by atoms with Crippen molar-refractivity contribution < 1.29 is 23.9 Å². The zero-order valence-corrected chi connectivity index (χ0v) is 9.70. The van der Waals surface area contributed by atoms with Crippen LogP contribution in [0.5, 0.6) is 0 Å². The van der Waals surface area contributed by atoms with Gasteiger partial charge in [0, 0.05) is 5.00 Å². The summed E-state index contributed by atoms with van der Waals surface area (Å²) in [5.74, 6) is 0. The molecular weight excluding hydrogens is 209 g/mol. The second-order valence-corrected chi connectivity index (χ2v) is 4.41. The van der Waals surface area contributed by atoms with E-state index in [0.717, 1.165) is 5.00 Å². The Morgan fingerprint density at radius 1 is 1.14 bits per heavy atom. The van der Waals surface area contributed by atoms with Gasteiger partial charge in [-0.05, 0) is 20.8 Å². The number of nitrogens with zero attached hydrogens (tertiary/aromatic N) is 1. The molecule has 6 nitrogen and oxygen atoms in total. The summed E-state index contributed by atoms with van der Waals surface area (Å²) in [6, 6.07) is 0. The van der Waals surface area contributed by atoms with Crippen molar-refractivity contribution in [1.29, 1.82) is 0 Å². The molecule has 0 aliphatic rings. The fourth-order valence-electron chi connectivity index (χ4n) is 0.775. The van der Waals surface area contributed by atoms with Gasteiger partial charge >= 0.3 is 7.52 Å². The number of rotatable bonds is 8. The Bertz CT molecular complexity index is 183. The number of hydrogen-bond acceptors (Lipinski definition) is 5. The van der Waals surface area contributed by atoms with Crippen LogP contribution in [0.2, 0.25) is 0 Å². The highest BCUT2D eigenvalue weighted by atomic mass is 31.2. The Labute approximate surface area is 84.2 Å². The molecule has 14 heavy (non-hydrogen) atoms. The molecule has 0 bridgehead atoms. The minimum atomic E-state index is -3.40. The van der Waals surface area contributed by atoms with Crippen molar-refractivity contribution in [2.45, 2.75) is 20.8 Å². The summed E-state index contributed by atoms with van der Waals surface area (Å²) >= 11 is 0. The summed E-state index contributed by atoms with van der Waals surface area (Å²) in [6.45, 7) is 5.92. The maximum atomic E-state index is 11.9. The Hall–Kier alpha value is 0.0300. The predicted molar refractivity (Wildman–Crippen MR) is 51.4 cm³/mol. The van der Waals surface area contributed by atoms with E-state index in [1.54, 1.807) is 20.8 Å². The molecular formula is C7H18NO5P. The average Bonchev–Trinajstić information content (AvgIpc) is 2.18. The Balaban J connectivity index is 4.46. The SMILES string of the molecule is CCON(OCC)P(=O)(CO)OCC. The van der Waals surface area contributed by atoms with Gasteiger partial charge < -0.3 is 9.63 Å². The van der Waals surface area contributed by atoms with Crippen LogP contribution in [0, 0.1) is 0 Å². The third-order valence-electron chi connectivity index (χ3n) is 1.24. The molecule has 0 rings (SSSR count). The van der Waals surface area contributed by atoms with Gasteiger partial charge in [-0.3, -0.25) is 14.2 Å². The quantitative estimate of drug-likeness (QED) is 0.499. The third-order valence-corrected chi connectivity index (χ3v) is 2.99. The van der Waals surface area contributed by atoms with Crippen LogP contribution < -0.4 is 0 Å². The zero-order chi connectivity index (χ0) is 11.0. The maximum Gasteiger partial charge on any atom is 0.344 e. The highest BCUT2D eigenvalue weighted by Gasteiger charge is 2.33. The second-order valence-electron chi connectivity index (χ2n) is 2.27. The van der Waals surface area contributed by atoms with Crippen molar-refractivity contribution >= 4 is 7.52 Å². The van der Waals surface area contributed by atoms with Crippen LogP contribution in [0.25, 0.3) is 0 Å². The summed E-state index contributed by atoms with van der Waals surface area (Å²) in [4.78, 5) is 10.7. The molecule has 0 aromatic heterocycles. The average molecular weight is 227 g/mol. The molecule has 7 heteroatoms. The molecule has 0 aliphatic carbocycles. The summed E-state index contributed by atoms with van der Waals surface area (Å²) in [6.07, 6.45) is -0.638. The monoisotopic (exact) mass is 227 g/mol. The lowest BCUT2D eigenvalue weighted by Gasteiger charge is -2.26. The molecule has 0 saturated heterocycles. The Morgan fingerprint density at radius 3 is 1.93 bits per heavy atom. The van der Waals surface area contributed by atoms with Crippen LogP contribution in [0.15, 0.2) is 0 Å². The normalized spacial score (nSPS) is 15.8. The topological polar surface area (TPSA) is 68.2 Å². The van der Waals surface area contributed by atoms with Crippen LogP contribution >= 0.6 is 7.52 Å². The van der Waals surface area contributed by atoms with Gasteiger partial charge in [0.15, 0.2) is 0 Å². The molecule has 0 aliphatic heterocycles. The molecule has 0 radical (unpaired) electrons. The number of aliphatic hydroxyl groups is 1. The van der Waals surface area contributed by atoms with E-state index in [0.29, 0.717) is 0 Å². The van der Waals surface area contributed by atoms with Gasteiger partial charge in [0.25, 0.3) is 0 Å². The number of aliphatic hydroxyl groups excluding tert-OH is 1. The van der Waals surface area contributed by atoms with Crippen molar-refractivity contribution in [2.75, 3.05) is 26.2 Å². The highest BCUT2D eigenvalue weighted by molar-refractivity contribution is 7.55. The largest absolute Gasteiger partial charge is 0.385 e. The molecule has 0 aromatic rings. The zero-order valence-electron chi connectivity index (χ0n) is 8.80. The lowest BCUT2D eigenvalue weighted by atomic mass is 10.9. The van der Waals surface area contributed by atoms with E-state index in [1.807, 2.05) is 0 Å². The van der Waals surface area contributed by atoms with E-state index >= 15 is 0 Å². The van der Waals surface area contributed by atoms with Crippen molar-refractivity contribution in [2.24, 2.45) is 0 Å². The van der Waals surface area contributed by atoms with Crippen LogP contribution in [0.4, 0.5) is 0 Å². The standard InChI is InChI=1S/C7H18NO5P/c1-4-11-8(12-5-2)14(10,7-9)13-6-3/h9H,4-7H2,1-3H3. The van der Waals surface area contributed by atoms with Crippen molar-refractivity contribution in [3.63, 3.8) is 0 Å². The van der Waals surface area contributed by atoms with Gasteiger partial charge in [-0.1, -0.05) is 0 Å². The minimum absolute atomic E-state index is 0.217. The number of hydrogen-bond donors (Lipinski definition) is 1. The molecule has 1 unspecified atom stereocenters. The third kappa shape index (κ3) is 4.04. The molecule has 0 aromatic carbocycles. The van der Waals surface area contributed by atoms with Gasteiger partial charge in [0.1, 0.15) is 6.35 Å². The van der Waals surface area contributed by atoms with Gasteiger partial charge in [0.2, 0.25) is 0 Å². The lowest BCUT2D eigenvalue weighted by Crippen LogP contribution is -2.24. The molecule has 0 heterocycles. The molecule has 1 N–H and O–H groups in total. The molecule has 0 fully saturated rings. The fraction of sp³-hybridized carbons (Fsp3) is 1.00. The molecule has 0 amide bonds. The smallest absolute Gasteiger partial charge is 0.344 e. The van der Waals surface area contributed by atoms with E-state index in [2.05, 4.69) is 0 Å².